The standard InChI is InChI=1S/C16H26N4O2/c1-6-7-18-14(17-5)19-8-12-10-20(11-13(12)9-19)15(21)22-16(2,3)4/h6-7,12-13H,5,8-11H2,1-4H3/b7-6-,18-14?. The van der Waals surface area contributed by atoms with Gasteiger partial charge in [-0.05, 0) is 34.4 Å². The van der Waals surface area contributed by atoms with Crippen molar-refractivity contribution in [1.29, 1.82) is 0 Å². The highest BCUT2D eigenvalue weighted by Gasteiger charge is 2.43. The first-order valence-corrected chi connectivity index (χ1v) is 7.72. The van der Waals surface area contributed by atoms with Gasteiger partial charge in [0, 0.05) is 44.2 Å². The number of hydrogen-bond donors (Lipinski definition) is 0. The number of carbonyl (C=O) groups is 1. The Morgan fingerprint density at radius 2 is 1.73 bits per heavy atom. The molecule has 2 aliphatic rings. The van der Waals surface area contributed by atoms with Crippen molar-refractivity contribution in [2.45, 2.75) is 33.3 Å². The lowest BCUT2D eigenvalue weighted by Gasteiger charge is -2.26. The van der Waals surface area contributed by atoms with Crippen molar-refractivity contribution in [1.82, 2.24) is 9.80 Å². The summed E-state index contributed by atoms with van der Waals surface area (Å²) in [6.07, 6.45) is 3.38. The highest BCUT2D eigenvalue weighted by molar-refractivity contribution is 5.85. The minimum Gasteiger partial charge on any atom is -0.444 e. The molecule has 2 atom stereocenters. The first-order valence-electron chi connectivity index (χ1n) is 7.72. The van der Waals surface area contributed by atoms with Crippen LogP contribution in [-0.4, -0.2) is 60.4 Å². The molecule has 0 saturated carbocycles. The summed E-state index contributed by atoms with van der Waals surface area (Å²) in [6, 6.07) is 0. The Morgan fingerprint density at radius 1 is 1.18 bits per heavy atom. The number of hydrogen-bond acceptors (Lipinski definition) is 3. The Kier molecular flexibility index (Phi) is 4.88. The highest BCUT2D eigenvalue weighted by atomic mass is 16.6. The van der Waals surface area contributed by atoms with Crippen LogP contribution in [0.25, 0.3) is 0 Å². The van der Waals surface area contributed by atoms with E-state index in [1.807, 2.05) is 38.7 Å². The average Bonchev–Trinajstić information content (AvgIpc) is 2.96. The number of allylic oxidation sites excluding steroid dienone is 1. The first-order chi connectivity index (χ1) is 10.3. The van der Waals surface area contributed by atoms with Crippen LogP contribution in [0.3, 0.4) is 0 Å². The fourth-order valence-corrected chi connectivity index (χ4v) is 3.00. The fraction of sp³-hybridized carbons (Fsp3) is 0.688. The SMILES string of the molecule is C=NC(=N/C=C\C)N1CC2CN(C(=O)OC(C)(C)C)CC2C1. The number of fused-ring (bicyclic) bond motifs is 1. The number of aliphatic imine (C=N–C) groups is 2. The number of nitrogens with zero attached hydrogens (tertiary/aromatic N) is 4. The molecule has 22 heavy (non-hydrogen) atoms. The van der Waals surface area contributed by atoms with Crippen LogP contribution in [0.5, 0.6) is 0 Å². The van der Waals surface area contributed by atoms with Gasteiger partial charge in [-0.1, -0.05) is 6.08 Å². The lowest BCUT2D eigenvalue weighted by Crippen LogP contribution is -2.38. The number of rotatable bonds is 1. The van der Waals surface area contributed by atoms with Crippen molar-refractivity contribution in [2.75, 3.05) is 26.2 Å². The quantitative estimate of drug-likeness (QED) is 0.552. The molecule has 2 saturated heterocycles. The normalized spacial score (nSPS) is 25.7. The van der Waals surface area contributed by atoms with Crippen LogP contribution in [0.15, 0.2) is 22.3 Å². The summed E-state index contributed by atoms with van der Waals surface area (Å²) < 4.78 is 5.45. The second-order valence-corrected chi connectivity index (χ2v) is 6.88. The molecule has 122 valence electrons. The number of likely N-dealkylation sites (tertiary alicyclic amines) is 2. The van der Waals surface area contributed by atoms with Gasteiger partial charge in [0.1, 0.15) is 5.60 Å². The van der Waals surface area contributed by atoms with E-state index >= 15 is 0 Å². The molecule has 0 aromatic rings. The lowest BCUT2D eigenvalue weighted by atomic mass is 10.0. The van der Waals surface area contributed by atoms with Crippen molar-refractivity contribution in [2.24, 2.45) is 21.8 Å². The zero-order chi connectivity index (χ0) is 16.3. The number of carbonyl (C=O) groups excluding carboxylic acids is 1. The molecular weight excluding hydrogens is 280 g/mol. The molecule has 0 aromatic heterocycles. The number of amides is 1. The highest BCUT2D eigenvalue weighted by Crippen LogP contribution is 2.32. The molecular formula is C16H26N4O2. The van der Waals surface area contributed by atoms with E-state index in [0.29, 0.717) is 17.8 Å². The van der Waals surface area contributed by atoms with E-state index in [1.54, 1.807) is 6.20 Å². The Labute approximate surface area is 132 Å². The van der Waals surface area contributed by atoms with Crippen LogP contribution in [0.1, 0.15) is 27.7 Å². The second kappa shape index (κ2) is 6.50. The van der Waals surface area contributed by atoms with Crippen LogP contribution >= 0.6 is 0 Å². The molecule has 0 bridgehead atoms. The summed E-state index contributed by atoms with van der Waals surface area (Å²) in [5, 5.41) is 0. The monoisotopic (exact) mass is 306 g/mol. The molecule has 2 unspecified atom stereocenters. The number of guanidine groups is 1. The molecule has 0 N–H and O–H groups in total. The van der Waals surface area contributed by atoms with E-state index in [1.165, 1.54) is 0 Å². The Hall–Kier alpha value is -1.85. The van der Waals surface area contributed by atoms with Crippen molar-refractivity contribution >= 4 is 18.8 Å². The molecule has 2 heterocycles. The molecule has 6 heteroatoms. The van der Waals surface area contributed by atoms with Crippen molar-refractivity contribution in [3.8, 4) is 0 Å². The summed E-state index contributed by atoms with van der Waals surface area (Å²) in [4.78, 5) is 24.4. The Bertz CT molecular complexity index is 479. The third kappa shape index (κ3) is 3.87. The van der Waals surface area contributed by atoms with Crippen LogP contribution in [0.4, 0.5) is 4.79 Å². The van der Waals surface area contributed by atoms with Crippen LogP contribution in [0.2, 0.25) is 0 Å². The summed E-state index contributed by atoms with van der Waals surface area (Å²) >= 11 is 0. The van der Waals surface area contributed by atoms with Gasteiger partial charge in [-0.3, -0.25) is 0 Å². The predicted molar refractivity (Wildman–Crippen MR) is 88.2 cm³/mol. The maximum absolute atomic E-state index is 12.1. The van der Waals surface area contributed by atoms with E-state index in [0.717, 1.165) is 26.2 Å². The van der Waals surface area contributed by atoms with Gasteiger partial charge < -0.3 is 14.5 Å². The maximum atomic E-state index is 12.1. The Balaban J connectivity index is 1.93. The molecule has 1 amide bonds. The van der Waals surface area contributed by atoms with E-state index in [2.05, 4.69) is 21.6 Å². The van der Waals surface area contributed by atoms with Gasteiger partial charge >= 0.3 is 6.09 Å². The van der Waals surface area contributed by atoms with Crippen LogP contribution in [0, 0.1) is 11.8 Å². The van der Waals surface area contributed by atoms with Crippen molar-refractivity contribution in [3.05, 3.63) is 12.3 Å². The topological polar surface area (TPSA) is 57.5 Å². The van der Waals surface area contributed by atoms with Gasteiger partial charge in [0.2, 0.25) is 5.96 Å². The third-order valence-electron chi connectivity index (χ3n) is 3.90. The summed E-state index contributed by atoms with van der Waals surface area (Å²) in [6.45, 7) is 14.4. The summed E-state index contributed by atoms with van der Waals surface area (Å²) in [7, 11) is 0. The van der Waals surface area contributed by atoms with E-state index in [4.69, 9.17) is 4.74 Å². The molecule has 2 rings (SSSR count). The molecule has 0 radical (unpaired) electrons. The summed E-state index contributed by atoms with van der Waals surface area (Å²) in [5.74, 6) is 1.56. The lowest BCUT2D eigenvalue weighted by molar-refractivity contribution is 0.0278. The van der Waals surface area contributed by atoms with Gasteiger partial charge in [-0.2, -0.15) is 0 Å². The predicted octanol–water partition coefficient (Wildman–Crippen LogP) is 2.38. The molecule has 2 fully saturated rings. The third-order valence-corrected chi connectivity index (χ3v) is 3.90. The summed E-state index contributed by atoms with van der Waals surface area (Å²) in [5.41, 5.74) is -0.445. The Morgan fingerprint density at radius 3 is 2.18 bits per heavy atom. The van der Waals surface area contributed by atoms with Gasteiger partial charge in [0.25, 0.3) is 0 Å². The van der Waals surface area contributed by atoms with Gasteiger partial charge in [-0.15, -0.1) is 0 Å². The largest absolute Gasteiger partial charge is 0.444 e. The van der Waals surface area contributed by atoms with Gasteiger partial charge in [0.15, 0.2) is 0 Å². The van der Waals surface area contributed by atoms with E-state index in [-0.39, 0.29) is 6.09 Å². The van der Waals surface area contributed by atoms with Crippen molar-refractivity contribution < 1.29 is 9.53 Å². The fourth-order valence-electron chi connectivity index (χ4n) is 3.00. The minimum absolute atomic E-state index is 0.210. The van der Waals surface area contributed by atoms with Gasteiger partial charge in [-0.25, -0.2) is 14.8 Å². The molecule has 0 spiro atoms. The second-order valence-electron chi connectivity index (χ2n) is 6.88. The molecule has 0 aromatic carbocycles. The van der Waals surface area contributed by atoms with Crippen LogP contribution in [-0.2, 0) is 4.74 Å². The zero-order valence-corrected chi connectivity index (χ0v) is 14.0. The molecule has 6 nitrogen and oxygen atoms in total. The number of ether oxygens (including phenoxy) is 1. The van der Waals surface area contributed by atoms with E-state index < -0.39 is 5.60 Å². The van der Waals surface area contributed by atoms with Gasteiger partial charge in [0.05, 0.1) is 0 Å². The van der Waals surface area contributed by atoms with Crippen molar-refractivity contribution in [3.63, 3.8) is 0 Å². The van der Waals surface area contributed by atoms with E-state index in [9.17, 15) is 4.79 Å². The smallest absolute Gasteiger partial charge is 0.410 e. The minimum atomic E-state index is -0.445. The maximum Gasteiger partial charge on any atom is 0.410 e. The first kappa shape index (κ1) is 16.5. The molecule has 2 aliphatic heterocycles. The average molecular weight is 306 g/mol. The molecule has 0 aliphatic carbocycles. The van der Waals surface area contributed by atoms with Crippen LogP contribution < -0.4 is 0 Å². The zero-order valence-electron chi connectivity index (χ0n) is 14.0.